The van der Waals surface area contributed by atoms with Gasteiger partial charge in [-0.2, -0.15) is 0 Å². The van der Waals surface area contributed by atoms with E-state index in [0.717, 1.165) is 0 Å². The number of nitrogens with zero attached hydrogens (tertiary/aromatic N) is 2. The van der Waals surface area contributed by atoms with Crippen molar-refractivity contribution in [1.82, 2.24) is 19.9 Å². The van der Waals surface area contributed by atoms with Crippen LogP contribution >= 0.6 is 35.3 Å². The molecular formula is C62H43F17N4O15S3. The predicted molar refractivity (Wildman–Crippen MR) is 319 cm³/mol. The zero-order chi connectivity index (χ0) is 73.3. The Bertz CT molecular complexity index is 4590. The van der Waals surface area contributed by atoms with E-state index in [1.807, 2.05) is 0 Å². The lowest BCUT2D eigenvalue weighted by Crippen LogP contribution is -2.57. The number of rotatable bonds is 13. The first kappa shape index (κ1) is 73.5. The van der Waals surface area contributed by atoms with E-state index in [1.54, 1.807) is 0 Å². The molecule has 8 heterocycles. The monoisotopic (exact) mass is 1500 g/mol. The predicted octanol–water partition coefficient (Wildman–Crippen LogP) is 7.36. The molecular weight excluding hydrogens is 1460 g/mol. The fourth-order valence-corrected chi connectivity index (χ4v) is 15.1. The number of H-pyrrole nitrogens is 2. The van der Waals surface area contributed by atoms with E-state index >= 15 is 70.2 Å². The molecule has 14 N–H and O–H groups in total. The lowest BCUT2D eigenvalue weighted by molar-refractivity contribution is -0.205. The number of thioether (sulfide) groups is 3. The van der Waals surface area contributed by atoms with Crippen LogP contribution in [0.2, 0.25) is 0 Å². The first-order valence-corrected chi connectivity index (χ1v) is 31.6. The topological polar surface area (TPSA) is 328 Å². The minimum absolute atomic E-state index is 0.356. The van der Waals surface area contributed by atoms with Crippen LogP contribution in [0.25, 0.3) is 90.9 Å². The van der Waals surface area contributed by atoms with Crippen molar-refractivity contribution < 1.29 is 150 Å². The fourth-order valence-electron chi connectivity index (χ4n) is 11.7. The number of hydrogen-bond acceptors (Lipinski definition) is 20. The number of aliphatic hydroxyl groups excluding tert-OH is 12. The number of aliphatic hydroxyl groups is 12. The van der Waals surface area contributed by atoms with Crippen LogP contribution in [0, 0.1) is 98.9 Å². The molecule has 538 valence electrons. The standard InChI is InChI=1S/C62H43F17N4O15S3/c63-31-27(32(64)40(72)41(73)39(31)71)23-12-1-3-14(80-12)24(28-33(65)42(74)57(43(75)34(28)66)99-60-54(93)51(90)48(87)20(9-84)96-60)16-5-7-18(82-16)26(30-37(69)46(78)59(47(79)38(30)70)101-62-56(95)53(92)50(89)22(11-86)98-62)19-8-6-17(83-19)25(15-4-2-13(23)81-15)29-35(67)44(76)58(45(77)36(29)68)100-61-55(94)52(91)49(88)21(10-85)97-61/h1-8,20-22,48-56,60-62,80,83-95H,9-11H2/t20-,21-,22-,48-,49-,50-,51+,52+,53+,54-,55-,56-,60+,61+,62+/m1/s1. The number of benzene rings is 4. The highest BCUT2D eigenvalue weighted by atomic mass is 32.2. The summed E-state index contributed by atoms with van der Waals surface area (Å²) in [6, 6.07) is 2.48. The summed E-state index contributed by atoms with van der Waals surface area (Å²) in [5.41, 5.74) is -27.8. The normalized spacial score (nSPS) is 26.0. The second kappa shape index (κ2) is 28.1. The molecule has 7 aromatic rings. The van der Waals surface area contributed by atoms with Crippen LogP contribution in [0.15, 0.2) is 39.0 Å². The number of fused-ring (bicyclic) bond motifs is 8. The molecule has 3 fully saturated rings. The molecule has 3 saturated heterocycles. The molecule has 39 heteroatoms. The van der Waals surface area contributed by atoms with Crippen LogP contribution < -0.4 is 0 Å². The SMILES string of the molecule is OC[C@H]1O[C@@H](Sc2c(F)c(F)c(-c3c4nc(c(-c5c(F)c(F)c(S[C@@H]6O[C@H](CO)[C@@H](O)[C@H](O)[C@H]6O)c(F)c5F)c5ccc([nH]5)c(-c5c(F)c(F)c(S[C@@H]6O[C@H](CO)[C@@H](O)[C@H](O)[C@H]6O)c(F)c5F)c5nc(c(-c6c(F)c(F)c(F)c(F)c6F)c6ccc3[nH]6)C=C5)C=C4)c(F)c2F)[C@H](O)[C@@H](O)[C@@H]1O. The highest BCUT2D eigenvalue weighted by Gasteiger charge is 2.49. The maximum absolute atomic E-state index is 17.4. The summed E-state index contributed by atoms with van der Waals surface area (Å²) >= 11 is -1.07. The van der Waals surface area contributed by atoms with E-state index < -0.39 is 312 Å². The Morgan fingerprint density at radius 2 is 0.475 bits per heavy atom. The average molecular weight is 1500 g/mol. The Morgan fingerprint density at radius 3 is 0.683 bits per heavy atom. The van der Waals surface area contributed by atoms with Crippen molar-refractivity contribution in [3.63, 3.8) is 0 Å². The van der Waals surface area contributed by atoms with Gasteiger partial charge in [-0.1, -0.05) is 35.3 Å². The van der Waals surface area contributed by atoms with Crippen LogP contribution in [-0.2, 0) is 14.2 Å². The van der Waals surface area contributed by atoms with Crippen molar-refractivity contribution in [2.75, 3.05) is 19.8 Å². The Morgan fingerprint density at radius 1 is 0.277 bits per heavy atom. The van der Waals surface area contributed by atoms with Gasteiger partial charge in [0.05, 0.1) is 79.5 Å². The van der Waals surface area contributed by atoms with Crippen LogP contribution in [0.4, 0.5) is 74.6 Å². The van der Waals surface area contributed by atoms with E-state index in [-0.39, 0.29) is 35.3 Å². The van der Waals surface area contributed by atoms with Crippen LogP contribution in [-0.4, -0.2) is 191 Å². The van der Waals surface area contributed by atoms with Crippen molar-refractivity contribution in [3.05, 3.63) is 146 Å². The van der Waals surface area contributed by atoms with Crippen LogP contribution in [0.3, 0.4) is 0 Å². The van der Waals surface area contributed by atoms with E-state index in [4.69, 9.17) is 14.2 Å². The van der Waals surface area contributed by atoms with Gasteiger partial charge >= 0.3 is 0 Å². The van der Waals surface area contributed by atoms with E-state index in [9.17, 15) is 65.7 Å². The molecule has 8 bridgehead atoms. The van der Waals surface area contributed by atoms with Gasteiger partial charge in [-0.05, 0) is 48.6 Å². The van der Waals surface area contributed by atoms with Gasteiger partial charge in [-0.3, -0.25) is 0 Å². The van der Waals surface area contributed by atoms with Gasteiger partial charge in [0.2, 0.25) is 5.82 Å². The third-order valence-electron chi connectivity index (χ3n) is 16.9. The zero-order valence-electron chi connectivity index (χ0n) is 49.5. The molecule has 15 atom stereocenters. The minimum atomic E-state index is -2.77. The molecule has 0 saturated carbocycles. The zero-order valence-corrected chi connectivity index (χ0v) is 52.0. The first-order chi connectivity index (χ1) is 47.8. The Kier molecular flexibility index (Phi) is 20.4. The maximum Gasteiger partial charge on any atom is 0.200 e. The van der Waals surface area contributed by atoms with Crippen molar-refractivity contribution in [1.29, 1.82) is 0 Å². The van der Waals surface area contributed by atoms with Gasteiger partial charge in [0.15, 0.2) is 93.1 Å². The summed E-state index contributed by atoms with van der Waals surface area (Å²) < 4.78 is 300. The summed E-state index contributed by atoms with van der Waals surface area (Å²) in [5, 5.41) is 123. The van der Waals surface area contributed by atoms with Gasteiger partial charge in [0.1, 0.15) is 89.6 Å². The summed E-state index contributed by atoms with van der Waals surface area (Å²) in [6.07, 6.45) is -22.9. The lowest BCUT2D eigenvalue weighted by atomic mass is 10.0. The quantitative estimate of drug-likeness (QED) is 0.0304. The highest BCUT2D eigenvalue weighted by molar-refractivity contribution is 8.00. The molecule has 0 spiro atoms. The Labute approximate surface area is 564 Å². The summed E-state index contributed by atoms with van der Waals surface area (Å²) in [5.74, 6) is -42.7. The fraction of sp³-hybridized carbons (Fsp3) is 0.290. The van der Waals surface area contributed by atoms with Gasteiger partial charge < -0.3 is 85.5 Å². The minimum Gasteiger partial charge on any atom is -0.394 e. The molecule has 19 nitrogen and oxygen atoms in total. The number of aromatic amines is 2. The number of ether oxygens (including phenoxy) is 3. The second-order valence-electron chi connectivity index (χ2n) is 22.8. The smallest absolute Gasteiger partial charge is 0.200 e. The van der Waals surface area contributed by atoms with Gasteiger partial charge in [-0.15, -0.1) is 0 Å². The maximum atomic E-state index is 17.4. The van der Waals surface area contributed by atoms with E-state index in [0.29, 0.717) is 48.6 Å². The van der Waals surface area contributed by atoms with E-state index in [2.05, 4.69) is 19.9 Å². The molecule has 5 aliphatic rings. The molecule has 0 aliphatic carbocycles. The number of aromatic nitrogens is 4. The third kappa shape index (κ3) is 12.1. The molecule has 5 aliphatic heterocycles. The van der Waals surface area contributed by atoms with Gasteiger partial charge in [-0.25, -0.2) is 84.6 Å². The molecule has 101 heavy (non-hydrogen) atoms. The summed E-state index contributed by atoms with van der Waals surface area (Å²) in [6.45, 7) is -3.36. The van der Waals surface area contributed by atoms with Crippen molar-refractivity contribution in [2.24, 2.45) is 0 Å². The Balaban J connectivity index is 1.19. The summed E-state index contributed by atoms with van der Waals surface area (Å²) in [7, 11) is 0. The first-order valence-electron chi connectivity index (χ1n) is 29.0. The van der Waals surface area contributed by atoms with Crippen molar-refractivity contribution >= 4 is 81.7 Å². The second-order valence-corrected chi connectivity index (χ2v) is 26.1. The van der Waals surface area contributed by atoms with Crippen molar-refractivity contribution in [2.45, 2.75) is 104 Å². The Hall–Kier alpha value is -7.26. The third-order valence-corrected chi connectivity index (χ3v) is 20.5. The largest absolute Gasteiger partial charge is 0.394 e. The van der Waals surface area contributed by atoms with E-state index in [1.165, 1.54) is 0 Å². The number of nitrogens with one attached hydrogen (secondary N) is 2. The molecule has 0 amide bonds. The molecule has 0 unspecified atom stereocenters. The highest BCUT2D eigenvalue weighted by Crippen LogP contribution is 2.49. The van der Waals surface area contributed by atoms with Gasteiger partial charge in [0, 0.05) is 44.3 Å². The molecule has 4 aromatic carbocycles. The summed E-state index contributed by atoms with van der Waals surface area (Å²) in [4.78, 5) is 7.85. The molecule has 12 rings (SSSR count). The van der Waals surface area contributed by atoms with Crippen molar-refractivity contribution in [3.8, 4) is 44.5 Å². The number of halogens is 17. The van der Waals surface area contributed by atoms with Crippen LogP contribution in [0.1, 0.15) is 22.8 Å². The number of hydrogen-bond donors (Lipinski definition) is 14. The molecule has 3 aromatic heterocycles. The van der Waals surface area contributed by atoms with Gasteiger partial charge in [0.25, 0.3) is 0 Å². The average Bonchev–Trinajstić information content (AvgIpc) is 1.71. The van der Waals surface area contributed by atoms with Crippen LogP contribution in [0.5, 0.6) is 0 Å². The lowest BCUT2D eigenvalue weighted by Gasteiger charge is -2.39. The molecule has 0 radical (unpaired) electrons.